The fraction of sp³-hybridized carbons (Fsp3) is 0.167. The van der Waals surface area contributed by atoms with Crippen LogP contribution in [-0.2, 0) is 11.2 Å². The molecule has 0 saturated heterocycles. The number of rotatable bonds is 6. The molecule has 0 radical (unpaired) electrons. The van der Waals surface area contributed by atoms with E-state index in [1.807, 2.05) is 47.2 Å². The highest BCUT2D eigenvalue weighted by Gasteiger charge is 2.17. The average Bonchev–Trinajstić information content (AvgIpc) is 3.23. The number of carbonyl (C=O) groups is 2. The lowest BCUT2D eigenvalue weighted by Gasteiger charge is -2.00. The number of anilines is 1. The van der Waals surface area contributed by atoms with Crippen LogP contribution in [0.1, 0.15) is 28.6 Å². The first-order valence-corrected chi connectivity index (χ1v) is 9.27. The van der Waals surface area contributed by atoms with Crippen LogP contribution in [0.3, 0.4) is 0 Å². The van der Waals surface area contributed by atoms with Crippen LogP contribution in [0, 0.1) is 0 Å². The van der Waals surface area contributed by atoms with E-state index in [0.29, 0.717) is 28.5 Å². The maximum absolute atomic E-state index is 12.1. The van der Waals surface area contributed by atoms with Gasteiger partial charge >= 0.3 is 0 Å². The zero-order valence-electron chi connectivity index (χ0n) is 13.1. The SMILES string of the molecule is CC(=O)c1sc(NC(=O)CCc2ccsc2)nc1-c1ccccc1. The molecule has 0 saturated carbocycles. The first-order chi connectivity index (χ1) is 11.6. The number of ketones is 1. The molecule has 0 aliphatic carbocycles. The number of hydrogen-bond acceptors (Lipinski definition) is 5. The van der Waals surface area contributed by atoms with Gasteiger partial charge in [0.05, 0.1) is 10.6 Å². The van der Waals surface area contributed by atoms with Gasteiger partial charge in [-0.15, -0.1) is 0 Å². The van der Waals surface area contributed by atoms with E-state index < -0.39 is 0 Å². The van der Waals surface area contributed by atoms with Crippen molar-refractivity contribution in [3.05, 3.63) is 57.6 Å². The molecule has 0 atom stereocenters. The van der Waals surface area contributed by atoms with Gasteiger partial charge in [-0.05, 0) is 28.8 Å². The molecule has 0 aliphatic heterocycles. The summed E-state index contributed by atoms with van der Waals surface area (Å²) in [5, 5.41) is 7.32. The number of Topliss-reactive ketones (excluding diaryl/α,β-unsaturated/α-hetero) is 1. The molecule has 0 bridgehead atoms. The average molecular weight is 356 g/mol. The Labute approximate surface area is 148 Å². The minimum absolute atomic E-state index is 0.0508. The van der Waals surface area contributed by atoms with Crippen molar-refractivity contribution in [2.75, 3.05) is 5.32 Å². The number of carbonyl (C=O) groups excluding carboxylic acids is 2. The van der Waals surface area contributed by atoms with Crippen LogP contribution >= 0.6 is 22.7 Å². The number of benzene rings is 1. The van der Waals surface area contributed by atoms with Gasteiger partial charge in [-0.1, -0.05) is 41.7 Å². The van der Waals surface area contributed by atoms with Gasteiger partial charge in [0, 0.05) is 18.9 Å². The van der Waals surface area contributed by atoms with Crippen LogP contribution in [0.25, 0.3) is 11.3 Å². The van der Waals surface area contributed by atoms with Crippen molar-refractivity contribution in [1.29, 1.82) is 0 Å². The second kappa shape index (κ2) is 7.51. The lowest BCUT2D eigenvalue weighted by atomic mass is 10.1. The summed E-state index contributed by atoms with van der Waals surface area (Å²) in [5.41, 5.74) is 2.66. The van der Waals surface area contributed by atoms with Crippen LogP contribution in [0.2, 0.25) is 0 Å². The normalized spacial score (nSPS) is 10.5. The molecule has 0 unspecified atom stereocenters. The maximum atomic E-state index is 12.1. The fourth-order valence-corrected chi connectivity index (χ4v) is 3.88. The molecular formula is C18H16N2O2S2. The Morgan fingerprint density at radius 3 is 2.62 bits per heavy atom. The Morgan fingerprint density at radius 2 is 1.96 bits per heavy atom. The summed E-state index contributed by atoms with van der Waals surface area (Å²) in [6.07, 6.45) is 1.10. The molecule has 4 nitrogen and oxygen atoms in total. The molecule has 1 aromatic carbocycles. The summed E-state index contributed by atoms with van der Waals surface area (Å²) in [6, 6.07) is 11.5. The summed E-state index contributed by atoms with van der Waals surface area (Å²) >= 11 is 2.85. The Bertz CT molecular complexity index is 839. The third-order valence-corrected chi connectivity index (χ3v) is 5.27. The number of nitrogens with one attached hydrogen (secondary N) is 1. The van der Waals surface area contributed by atoms with Crippen LogP contribution in [0.15, 0.2) is 47.2 Å². The molecule has 1 amide bonds. The fourth-order valence-electron chi connectivity index (χ4n) is 2.28. The zero-order chi connectivity index (χ0) is 16.9. The van der Waals surface area contributed by atoms with Crippen molar-refractivity contribution in [2.45, 2.75) is 19.8 Å². The van der Waals surface area contributed by atoms with E-state index in [0.717, 1.165) is 11.1 Å². The van der Waals surface area contributed by atoms with Crippen molar-refractivity contribution in [3.63, 3.8) is 0 Å². The van der Waals surface area contributed by atoms with E-state index in [1.54, 1.807) is 11.3 Å². The lowest BCUT2D eigenvalue weighted by molar-refractivity contribution is -0.116. The molecule has 6 heteroatoms. The van der Waals surface area contributed by atoms with E-state index in [2.05, 4.69) is 10.3 Å². The Balaban J connectivity index is 1.74. The maximum Gasteiger partial charge on any atom is 0.226 e. The topological polar surface area (TPSA) is 59.1 Å². The minimum atomic E-state index is -0.0929. The Morgan fingerprint density at radius 1 is 1.17 bits per heavy atom. The van der Waals surface area contributed by atoms with Crippen molar-refractivity contribution in [1.82, 2.24) is 4.98 Å². The minimum Gasteiger partial charge on any atom is -0.302 e. The molecule has 2 aromatic heterocycles. The van der Waals surface area contributed by atoms with Crippen molar-refractivity contribution in [2.24, 2.45) is 0 Å². The number of aromatic nitrogens is 1. The number of thiazole rings is 1. The second-order valence-electron chi connectivity index (χ2n) is 5.30. The van der Waals surface area contributed by atoms with Gasteiger partial charge in [-0.2, -0.15) is 11.3 Å². The molecule has 0 fully saturated rings. The molecule has 1 N–H and O–H groups in total. The van der Waals surface area contributed by atoms with Gasteiger partial charge < -0.3 is 5.32 Å². The molecular weight excluding hydrogens is 340 g/mol. The van der Waals surface area contributed by atoms with Crippen LogP contribution in [-0.4, -0.2) is 16.7 Å². The first-order valence-electron chi connectivity index (χ1n) is 7.51. The van der Waals surface area contributed by atoms with E-state index >= 15 is 0 Å². The summed E-state index contributed by atoms with van der Waals surface area (Å²) in [7, 11) is 0. The van der Waals surface area contributed by atoms with Crippen molar-refractivity contribution < 1.29 is 9.59 Å². The third kappa shape index (κ3) is 3.96. The summed E-state index contributed by atoms with van der Waals surface area (Å²) in [4.78, 5) is 29.0. The standard InChI is InChI=1S/C18H16N2O2S2/c1-12(21)17-16(14-5-3-2-4-6-14)20-18(24-17)19-15(22)8-7-13-9-10-23-11-13/h2-6,9-11H,7-8H2,1H3,(H,19,20,22). The zero-order valence-corrected chi connectivity index (χ0v) is 14.7. The number of aryl methyl sites for hydroxylation is 1. The van der Waals surface area contributed by atoms with E-state index in [-0.39, 0.29) is 11.7 Å². The highest BCUT2D eigenvalue weighted by atomic mass is 32.1. The number of nitrogens with zero attached hydrogens (tertiary/aromatic N) is 1. The molecule has 122 valence electrons. The van der Waals surface area contributed by atoms with Crippen molar-refractivity contribution >= 4 is 39.5 Å². The summed E-state index contributed by atoms with van der Waals surface area (Å²) in [5.74, 6) is -0.144. The molecule has 2 heterocycles. The monoisotopic (exact) mass is 356 g/mol. The number of amides is 1. The summed E-state index contributed by atoms with van der Waals surface area (Å²) < 4.78 is 0. The highest BCUT2D eigenvalue weighted by molar-refractivity contribution is 7.18. The van der Waals surface area contributed by atoms with E-state index in [1.165, 1.54) is 18.3 Å². The van der Waals surface area contributed by atoms with Crippen LogP contribution < -0.4 is 5.32 Å². The summed E-state index contributed by atoms with van der Waals surface area (Å²) in [6.45, 7) is 1.52. The van der Waals surface area contributed by atoms with Crippen molar-refractivity contribution in [3.8, 4) is 11.3 Å². The number of hydrogen-bond donors (Lipinski definition) is 1. The molecule has 24 heavy (non-hydrogen) atoms. The van der Waals surface area contributed by atoms with Gasteiger partial charge in [-0.25, -0.2) is 4.98 Å². The molecule has 0 aliphatic rings. The highest BCUT2D eigenvalue weighted by Crippen LogP contribution is 2.31. The quantitative estimate of drug-likeness (QED) is 0.654. The van der Waals surface area contributed by atoms with Gasteiger partial charge in [0.15, 0.2) is 10.9 Å². The Kier molecular flexibility index (Phi) is 5.17. The van der Waals surface area contributed by atoms with Crippen LogP contribution in [0.5, 0.6) is 0 Å². The van der Waals surface area contributed by atoms with E-state index in [4.69, 9.17) is 0 Å². The van der Waals surface area contributed by atoms with Gasteiger partial charge in [-0.3, -0.25) is 9.59 Å². The molecule has 3 aromatic rings. The molecule has 0 spiro atoms. The Hall–Kier alpha value is -2.31. The largest absolute Gasteiger partial charge is 0.302 e. The second-order valence-corrected chi connectivity index (χ2v) is 7.08. The van der Waals surface area contributed by atoms with Gasteiger partial charge in [0.2, 0.25) is 5.91 Å². The first kappa shape index (κ1) is 16.5. The van der Waals surface area contributed by atoms with Gasteiger partial charge in [0.25, 0.3) is 0 Å². The van der Waals surface area contributed by atoms with Gasteiger partial charge in [0.1, 0.15) is 0 Å². The predicted octanol–water partition coefficient (Wildman–Crippen LogP) is 4.65. The molecule has 3 rings (SSSR count). The third-order valence-electron chi connectivity index (χ3n) is 3.46. The smallest absolute Gasteiger partial charge is 0.226 e. The predicted molar refractivity (Wildman–Crippen MR) is 98.8 cm³/mol. The van der Waals surface area contributed by atoms with Crippen LogP contribution in [0.4, 0.5) is 5.13 Å². The number of thiophene rings is 1. The lowest BCUT2D eigenvalue weighted by Crippen LogP contribution is -2.11. The van der Waals surface area contributed by atoms with E-state index in [9.17, 15) is 9.59 Å².